The molecule has 92 valence electrons. The Morgan fingerprint density at radius 2 is 1.69 bits per heavy atom. The highest BCUT2D eigenvalue weighted by Gasteiger charge is 2.41. The third-order valence-electron chi connectivity index (χ3n) is 5.62. The zero-order valence-corrected chi connectivity index (χ0v) is 10.9. The van der Waals surface area contributed by atoms with Crippen LogP contribution >= 0.6 is 0 Å². The summed E-state index contributed by atoms with van der Waals surface area (Å²) in [7, 11) is 0. The predicted octanol–water partition coefficient (Wildman–Crippen LogP) is 3.59. The van der Waals surface area contributed by atoms with Crippen LogP contribution in [0.3, 0.4) is 0 Å². The molecule has 0 aromatic carbocycles. The topological polar surface area (TPSA) is 12.0 Å². The average Bonchev–Trinajstić information content (AvgIpc) is 2.85. The van der Waals surface area contributed by atoms with Gasteiger partial charge in [-0.1, -0.05) is 26.7 Å². The largest absolute Gasteiger partial charge is 0.311 e. The van der Waals surface area contributed by atoms with Gasteiger partial charge < -0.3 is 5.32 Å². The fourth-order valence-electron chi connectivity index (χ4n) is 4.49. The number of hydrogen-bond donors (Lipinski definition) is 1. The van der Waals surface area contributed by atoms with E-state index in [0.717, 1.165) is 35.8 Å². The maximum atomic E-state index is 4.03. The molecule has 0 aromatic heterocycles. The van der Waals surface area contributed by atoms with Crippen molar-refractivity contribution in [2.75, 3.05) is 0 Å². The molecule has 0 saturated heterocycles. The zero-order valence-electron chi connectivity index (χ0n) is 10.9. The van der Waals surface area contributed by atoms with Crippen molar-refractivity contribution in [1.29, 1.82) is 0 Å². The second-order valence-electron chi connectivity index (χ2n) is 6.95. The molecular formula is C15H27N. The van der Waals surface area contributed by atoms with Crippen LogP contribution in [-0.4, -0.2) is 12.1 Å². The molecule has 0 aromatic rings. The molecule has 1 N–H and O–H groups in total. The Bertz CT molecular complexity index is 250. The van der Waals surface area contributed by atoms with Crippen LogP contribution in [0.2, 0.25) is 0 Å². The van der Waals surface area contributed by atoms with Gasteiger partial charge in [0.25, 0.3) is 0 Å². The molecule has 6 atom stereocenters. The normalized spacial score (nSPS) is 52.1. The standard InChI is InChI=1S/C15H27N/c1-10-3-4-11(2)14(7-10)16-15-9-12-5-6-13(15)8-12/h10-16H,3-9H2,1-2H3. The minimum atomic E-state index is 0.827. The lowest BCUT2D eigenvalue weighted by atomic mass is 9.79. The predicted molar refractivity (Wildman–Crippen MR) is 68.3 cm³/mol. The van der Waals surface area contributed by atoms with Gasteiger partial charge in [0, 0.05) is 12.1 Å². The summed E-state index contributed by atoms with van der Waals surface area (Å²) in [6.45, 7) is 4.89. The van der Waals surface area contributed by atoms with Gasteiger partial charge in [0.15, 0.2) is 0 Å². The smallest absolute Gasteiger partial charge is 0.0101 e. The van der Waals surface area contributed by atoms with E-state index >= 15 is 0 Å². The summed E-state index contributed by atoms with van der Waals surface area (Å²) in [6, 6.07) is 1.71. The second-order valence-corrected chi connectivity index (χ2v) is 6.95. The molecule has 2 bridgehead atoms. The highest BCUT2D eigenvalue weighted by molar-refractivity contribution is 4.96. The van der Waals surface area contributed by atoms with Crippen molar-refractivity contribution in [1.82, 2.24) is 5.32 Å². The van der Waals surface area contributed by atoms with Crippen LogP contribution in [0.4, 0.5) is 0 Å². The molecule has 16 heavy (non-hydrogen) atoms. The van der Waals surface area contributed by atoms with E-state index < -0.39 is 0 Å². The summed E-state index contributed by atoms with van der Waals surface area (Å²) in [5, 5.41) is 4.03. The summed E-state index contributed by atoms with van der Waals surface area (Å²) in [6.07, 6.45) is 10.4. The third-order valence-corrected chi connectivity index (χ3v) is 5.62. The van der Waals surface area contributed by atoms with Crippen molar-refractivity contribution in [2.24, 2.45) is 23.7 Å². The Kier molecular flexibility index (Phi) is 2.99. The molecule has 3 saturated carbocycles. The molecule has 0 spiro atoms. The van der Waals surface area contributed by atoms with E-state index in [1.807, 2.05) is 0 Å². The van der Waals surface area contributed by atoms with Crippen LogP contribution in [0.5, 0.6) is 0 Å². The number of nitrogens with one attached hydrogen (secondary N) is 1. The number of rotatable bonds is 2. The highest BCUT2D eigenvalue weighted by Crippen LogP contribution is 2.45. The fourth-order valence-corrected chi connectivity index (χ4v) is 4.49. The third kappa shape index (κ3) is 2.03. The van der Waals surface area contributed by atoms with E-state index in [-0.39, 0.29) is 0 Å². The quantitative estimate of drug-likeness (QED) is 0.751. The Morgan fingerprint density at radius 1 is 0.812 bits per heavy atom. The van der Waals surface area contributed by atoms with Crippen molar-refractivity contribution in [2.45, 2.75) is 70.9 Å². The molecule has 0 amide bonds. The van der Waals surface area contributed by atoms with Gasteiger partial charge in [-0.15, -0.1) is 0 Å². The van der Waals surface area contributed by atoms with E-state index in [4.69, 9.17) is 0 Å². The van der Waals surface area contributed by atoms with E-state index in [1.54, 1.807) is 0 Å². The van der Waals surface area contributed by atoms with Gasteiger partial charge in [0.05, 0.1) is 0 Å². The summed E-state index contributed by atoms with van der Waals surface area (Å²) < 4.78 is 0. The lowest BCUT2D eigenvalue weighted by molar-refractivity contribution is 0.193. The maximum absolute atomic E-state index is 4.03. The van der Waals surface area contributed by atoms with Crippen molar-refractivity contribution in [3.05, 3.63) is 0 Å². The first-order chi connectivity index (χ1) is 7.72. The summed E-state index contributed by atoms with van der Waals surface area (Å²) in [5.74, 6) is 3.98. The van der Waals surface area contributed by atoms with Gasteiger partial charge in [-0.05, 0) is 55.8 Å². The fraction of sp³-hybridized carbons (Fsp3) is 1.00. The van der Waals surface area contributed by atoms with Crippen molar-refractivity contribution < 1.29 is 0 Å². The molecule has 3 aliphatic rings. The molecule has 3 aliphatic carbocycles. The number of hydrogen-bond acceptors (Lipinski definition) is 1. The van der Waals surface area contributed by atoms with E-state index in [0.29, 0.717) is 0 Å². The van der Waals surface area contributed by atoms with Crippen molar-refractivity contribution in [3.63, 3.8) is 0 Å². The van der Waals surface area contributed by atoms with E-state index in [1.165, 1.54) is 44.9 Å². The van der Waals surface area contributed by atoms with Gasteiger partial charge in [0.2, 0.25) is 0 Å². The van der Waals surface area contributed by atoms with Crippen LogP contribution in [-0.2, 0) is 0 Å². The van der Waals surface area contributed by atoms with E-state index in [9.17, 15) is 0 Å². The summed E-state index contributed by atoms with van der Waals surface area (Å²) in [4.78, 5) is 0. The Morgan fingerprint density at radius 3 is 2.38 bits per heavy atom. The molecule has 1 nitrogen and oxygen atoms in total. The Labute approximate surface area is 100 Å². The molecule has 0 heterocycles. The maximum Gasteiger partial charge on any atom is 0.0101 e. The molecule has 3 fully saturated rings. The van der Waals surface area contributed by atoms with E-state index in [2.05, 4.69) is 19.2 Å². The molecule has 6 unspecified atom stereocenters. The minimum absolute atomic E-state index is 0.827. The van der Waals surface area contributed by atoms with Gasteiger partial charge in [-0.2, -0.15) is 0 Å². The molecule has 1 heteroatoms. The van der Waals surface area contributed by atoms with Crippen LogP contribution in [0.25, 0.3) is 0 Å². The minimum Gasteiger partial charge on any atom is -0.311 e. The number of fused-ring (bicyclic) bond motifs is 2. The monoisotopic (exact) mass is 221 g/mol. The van der Waals surface area contributed by atoms with Gasteiger partial charge >= 0.3 is 0 Å². The Hall–Kier alpha value is -0.0400. The molecule has 3 rings (SSSR count). The zero-order chi connectivity index (χ0) is 11.1. The summed E-state index contributed by atoms with van der Waals surface area (Å²) in [5.41, 5.74) is 0. The molecular weight excluding hydrogens is 194 g/mol. The lowest BCUT2D eigenvalue weighted by Gasteiger charge is -2.37. The molecule has 0 radical (unpaired) electrons. The van der Waals surface area contributed by atoms with Gasteiger partial charge in [-0.3, -0.25) is 0 Å². The SMILES string of the molecule is CC1CCC(C)C(NC2CC3CCC2C3)C1. The first-order valence-electron chi connectivity index (χ1n) is 7.48. The van der Waals surface area contributed by atoms with Crippen LogP contribution in [0, 0.1) is 23.7 Å². The molecule has 0 aliphatic heterocycles. The highest BCUT2D eigenvalue weighted by atomic mass is 15.0. The Balaban J connectivity index is 1.57. The van der Waals surface area contributed by atoms with Crippen LogP contribution < -0.4 is 5.32 Å². The second kappa shape index (κ2) is 4.33. The lowest BCUT2D eigenvalue weighted by Crippen LogP contribution is -2.46. The van der Waals surface area contributed by atoms with Gasteiger partial charge in [-0.25, -0.2) is 0 Å². The first kappa shape index (κ1) is 11.1. The van der Waals surface area contributed by atoms with Crippen molar-refractivity contribution in [3.8, 4) is 0 Å². The average molecular weight is 221 g/mol. The van der Waals surface area contributed by atoms with Gasteiger partial charge in [0.1, 0.15) is 0 Å². The van der Waals surface area contributed by atoms with Crippen molar-refractivity contribution >= 4 is 0 Å². The summed E-state index contributed by atoms with van der Waals surface area (Å²) >= 11 is 0. The first-order valence-corrected chi connectivity index (χ1v) is 7.48. The van der Waals surface area contributed by atoms with Crippen LogP contribution in [0.1, 0.15) is 58.8 Å². The van der Waals surface area contributed by atoms with Crippen LogP contribution in [0.15, 0.2) is 0 Å².